The molecule has 6 nitrogen and oxygen atoms in total. The summed E-state index contributed by atoms with van der Waals surface area (Å²) in [5.74, 6) is 0.269. The Hall–Kier alpha value is -3.15. The van der Waals surface area contributed by atoms with Crippen LogP contribution in [-0.2, 0) is 4.79 Å². The van der Waals surface area contributed by atoms with Gasteiger partial charge in [-0.15, -0.1) is 0 Å². The number of carbonyl (C=O) groups excluding carboxylic acids is 2. The summed E-state index contributed by atoms with van der Waals surface area (Å²) in [6.45, 7) is 5.16. The van der Waals surface area contributed by atoms with Gasteiger partial charge in [0.2, 0.25) is 11.9 Å². The van der Waals surface area contributed by atoms with E-state index < -0.39 is 6.04 Å². The predicted octanol–water partition coefficient (Wildman–Crippen LogP) is 2.24. The lowest BCUT2D eigenvalue weighted by molar-refractivity contribution is -0.120. The number of rotatable bonds is 3. The highest BCUT2D eigenvalue weighted by Gasteiger charge is 2.31. The number of anilines is 1. The summed E-state index contributed by atoms with van der Waals surface area (Å²) in [7, 11) is 0. The van der Waals surface area contributed by atoms with E-state index in [4.69, 9.17) is 0 Å². The maximum Gasteiger partial charge on any atom is 0.229 e. The van der Waals surface area contributed by atoms with Gasteiger partial charge < -0.3 is 9.80 Å². The SMILES string of the molecule is Cc1ccc(C(=O)[C@H]2CC(=O)NC(N3CCN(c4ccccc4)CC3)=N2)cc1. The minimum absolute atomic E-state index is 0.0974. The number of hydrogen-bond acceptors (Lipinski definition) is 5. The Kier molecular flexibility index (Phi) is 5.10. The van der Waals surface area contributed by atoms with Crippen molar-refractivity contribution >= 4 is 23.3 Å². The first kappa shape index (κ1) is 18.2. The van der Waals surface area contributed by atoms with E-state index in [0.29, 0.717) is 11.5 Å². The van der Waals surface area contributed by atoms with Gasteiger partial charge in [0, 0.05) is 37.4 Å². The van der Waals surface area contributed by atoms with Crippen molar-refractivity contribution in [2.45, 2.75) is 19.4 Å². The summed E-state index contributed by atoms with van der Waals surface area (Å²) >= 11 is 0. The predicted molar refractivity (Wildman–Crippen MR) is 110 cm³/mol. The summed E-state index contributed by atoms with van der Waals surface area (Å²) in [5.41, 5.74) is 2.89. The molecule has 1 amide bonds. The molecule has 2 aromatic carbocycles. The van der Waals surface area contributed by atoms with Crippen molar-refractivity contribution in [3.05, 3.63) is 65.7 Å². The molecule has 1 N–H and O–H groups in total. The number of hydrogen-bond donors (Lipinski definition) is 1. The highest BCUT2D eigenvalue weighted by atomic mass is 16.2. The molecule has 144 valence electrons. The highest BCUT2D eigenvalue weighted by molar-refractivity contribution is 6.08. The monoisotopic (exact) mass is 376 g/mol. The average molecular weight is 376 g/mol. The van der Waals surface area contributed by atoms with Crippen LogP contribution in [0.4, 0.5) is 5.69 Å². The fraction of sp³-hybridized carbons (Fsp3) is 0.318. The summed E-state index contributed by atoms with van der Waals surface area (Å²) in [5, 5.41) is 2.85. The molecule has 2 heterocycles. The Labute approximate surface area is 164 Å². The Morgan fingerprint density at radius 1 is 0.964 bits per heavy atom. The van der Waals surface area contributed by atoms with Crippen LogP contribution in [0.25, 0.3) is 0 Å². The molecule has 2 aromatic rings. The second kappa shape index (κ2) is 7.84. The number of carbonyl (C=O) groups is 2. The number of aryl methyl sites for hydroxylation is 1. The molecule has 0 radical (unpaired) electrons. The van der Waals surface area contributed by atoms with Gasteiger partial charge in [-0.2, -0.15) is 0 Å². The zero-order valence-electron chi connectivity index (χ0n) is 16.0. The van der Waals surface area contributed by atoms with Gasteiger partial charge in [0.1, 0.15) is 6.04 Å². The topological polar surface area (TPSA) is 65.0 Å². The molecule has 0 saturated carbocycles. The maximum atomic E-state index is 12.8. The normalized spacial score (nSPS) is 19.8. The van der Waals surface area contributed by atoms with Gasteiger partial charge in [-0.1, -0.05) is 48.0 Å². The van der Waals surface area contributed by atoms with E-state index in [-0.39, 0.29) is 18.1 Å². The van der Waals surface area contributed by atoms with E-state index in [1.165, 1.54) is 5.69 Å². The second-order valence-corrected chi connectivity index (χ2v) is 7.26. The van der Waals surface area contributed by atoms with Gasteiger partial charge in [-0.25, -0.2) is 4.99 Å². The first-order chi connectivity index (χ1) is 13.6. The van der Waals surface area contributed by atoms with Crippen LogP contribution in [0.1, 0.15) is 22.3 Å². The zero-order chi connectivity index (χ0) is 19.5. The van der Waals surface area contributed by atoms with Gasteiger partial charge in [-0.3, -0.25) is 14.9 Å². The molecule has 1 fully saturated rings. The Bertz CT molecular complexity index is 885. The van der Waals surface area contributed by atoms with Gasteiger partial charge in [0.15, 0.2) is 5.78 Å². The van der Waals surface area contributed by atoms with Crippen molar-refractivity contribution in [2.24, 2.45) is 4.99 Å². The number of piperazine rings is 1. The molecule has 0 bridgehead atoms. The molecular formula is C22H24N4O2. The fourth-order valence-corrected chi connectivity index (χ4v) is 3.61. The van der Waals surface area contributed by atoms with Crippen LogP contribution in [0, 0.1) is 6.92 Å². The third-order valence-electron chi connectivity index (χ3n) is 5.25. The van der Waals surface area contributed by atoms with E-state index in [9.17, 15) is 9.59 Å². The number of guanidine groups is 1. The number of amides is 1. The van der Waals surface area contributed by atoms with E-state index in [1.54, 1.807) is 12.1 Å². The van der Waals surface area contributed by atoms with E-state index in [0.717, 1.165) is 31.7 Å². The number of nitrogens with one attached hydrogen (secondary N) is 1. The molecule has 2 aliphatic rings. The number of Topliss-reactive ketones (excluding diaryl/α,β-unsaturated/α-hetero) is 1. The van der Waals surface area contributed by atoms with Crippen molar-refractivity contribution in [3.63, 3.8) is 0 Å². The van der Waals surface area contributed by atoms with Crippen LogP contribution < -0.4 is 10.2 Å². The molecule has 1 saturated heterocycles. The van der Waals surface area contributed by atoms with Crippen molar-refractivity contribution in [1.82, 2.24) is 10.2 Å². The van der Waals surface area contributed by atoms with Gasteiger partial charge in [0.05, 0.1) is 6.42 Å². The van der Waals surface area contributed by atoms with Crippen molar-refractivity contribution in [3.8, 4) is 0 Å². The summed E-state index contributed by atoms with van der Waals surface area (Å²) in [6.07, 6.45) is 0.0974. The fourth-order valence-electron chi connectivity index (χ4n) is 3.61. The van der Waals surface area contributed by atoms with E-state index in [2.05, 4.69) is 32.2 Å². The third kappa shape index (κ3) is 3.91. The lowest BCUT2D eigenvalue weighted by Crippen LogP contribution is -2.56. The van der Waals surface area contributed by atoms with Crippen molar-refractivity contribution in [2.75, 3.05) is 31.1 Å². The van der Waals surface area contributed by atoms with Crippen LogP contribution in [0.15, 0.2) is 59.6 Å². The number of para-hydroxylation sites is 1. The zero-order valence-corrected chi connectivity index (χ0v) is 16.0. The molecule has 0 aromatic heterocycles. The third-order valence-corrected chi connectivity index (χ3v) is 5.25. The summed E-state index contributed by atoms with van der Waals surface area (Å²) in [6, 6.07) is 17.1. The lowest BCUT2D eigenvalue weighted by atomic mass is 10.00. The van der Waals surface area contributed by atoms with Crippen molar-refractivity contribution < 1.29 is 9.59 Å². The Balaban J connectivity index is 1.46. The molecule has 4 rings (SSSR count). The summed E-state index contributed by atoms with van der Waals surface area (Å²) in [4.78, 5) is 34.0. The van der Waals surface area contributed by atoms with Crippen LogP contribution in [-0.4, -0.2) is 54.8 Å². The van der Waals surface area contributed by atoms with Crippen LogP contribution in [0.5, 0.6) is 0 Å². The number of ketones is 1. The highest BCUT2D eigenvalue weighted by Crippen LogP contribution is 2.18. The molecular weight excluding hydrogens is 352 g/mol. The smallest absolute Gasteiger partial charge is 0.229 e. The van der Waals surface area contributed by atoms with Crippen LogP contribution in [0.2, 0.25) is 0 Å². The molecule has 0 unspecified atom stereocenters. The molecule has 0 spiro atoms. The van der Waals surface area contributed by atoms with Gasteiger partial charge >= 0.3 is 0 Å². The largest absolute Gasteiger partial charge is 0.368 e. The minimum atomic E-state index is -0.654. The number of aliphatic imine (C=N–C) groups is 1. The number of nitrogens with zero attached hydrogens (tertiary/aromatic N) is 3. The maximum absolute atomic E-state index is 12.8. The minimum Gasteiger partial charge on any atom is -0.368 e. The van der Waals surface area contributed by atoms with Gasteiger partial charge in [0.25, 0.3) is 0 Å². The van der Waals surface area contributed by atoms with Gasteiger partial charge in [-0.05, 0) is 19.1 Å². The Morgan fingerprint density at radius 3 is 2.29 bits per heavy atom. The van der Waals surface area contributed by atoms with Crippen molar-refractivity contribution in [1.29, 1.82) is 0 Å². The average Bonchev–Trinajstić information content (AvgIpc) is 2.74. The lowest BCUT2D eigenvalue weighted by Gasteiger charge is -2.38. The molecule has 28 heavy (non-hydrogen) atoms. The first-order valence-corrected chi connectivity index (χ1v) is 9.63. The van der Waals surface area contributed by atoms with Crippen LogP contribution >= 0.6 is 0 Å². The van der Waals surface area contributed by atoms with E-state index >= 15 is 0 Å². The van der Waals surface area contributed by atoms with Crippen LogP contribution in [0.3, 0.4) is 0 Å². The second-order valence-electron chi connectivity index (χ2n) is 7.26. The number of benzene rings is 2. The summed E-state index contributed by atoms with van der Waals surface area (Å²) < 4.78 is 0. The molecule has 6 heteroatoms. The van der Waals surface area contributed by atoms with E-state index in [1.807, 2.05) is 37.3 Å². The molecule has 2 aliphatic heterocycles. The first-order valence-electron chi connectivity index (χ1n) is 9.63. The molecule has 0 aliphatic carbocycles. The molecule has 1 atom stereocenters. The quantitative estimate of drug-likeness (QED) is 0.835. The standard InChI is InChI=1S/C22H24N4O2/c1-16-7-9-17(10-8-16)21(28)19-15-20(27)24-22(23-19)26-13-11-25(12-14-26)18-5-3-2-4-6-18/h2-10,19H,11-15H2,1H3,(H,23,24,27)/t19-/m1/s1. The Morgan fingerprint density at radius 2 is 1.61 bits per heavy atom.